The van der Waals surface area contributed by atoms with E-state index in [2.05, 4.69) is 34.0 Å². The summed E-state index contributed by atoms with van der Waals surface area (Å²) in [6.45, 7) is 2.50. The van der Waals surface area contributed by atoms with Gasteiger partial charge >= 0.3 is 0 Å². The molecule has 4 N–H and O–H groups in total. The highest BCUT2D eigenvalue weighted by Crippen LogP contribution is 2.30. The number of fused-ring (bicyclic) bond motifs is 1. The average molecular weight is 226 g/mol. The Bertz CT molecular complexity index is 663. The number of aromatic amines is 2. The van der Waals surface area contributed by atoms with Gasteiger partial charge in [0.05, 0.1) is 18.4 Å². The topological polar surface area (TPSA) is 70.5 Å². The fourth-order valence-electron chi connectivity index (χ4n) is 2.22. The monoisotopic (exact) mass is 226 g/mol. The first-order valence-electron chi connectivity index (χ1n) is 5.61. The minimum Gasteiger partial charge on any atom is -0.358 e. The van der Waals surface area contributed by atoms with Gasteiger partial charge in [0.1, 0.15) is 5.82 Å². The molecule has 0 radical (unpaired) electrons. The van der Waals surface area contributed by atoms with E-state index in [1.807, 2.05) is 18.3 Å². The first kappa shape index (κ1) is 10.1. The van der Waals surface area contributed by atoms with Gasteiger partial charge in [0.15, 0.2) is 0 Å². The Balaban J connectivity index is 2.25. The van der Waals surface area contributed by atoms with Gasteiger partial charge in [-0.15, -0.1) is 0 Å². The Hall–Kier alpha value is -2.07. The van der Waals surface area contributed by atoms with Crippen LogP contribution in [0.1, 0.15) is 11.5 Å². The van der Waals surface area contributed by atoms with Crippen molar-refractivity contribution < 1.29 is 0 Å². The van der Waals surface area contributed by atoms with Gasteiger partial charge in [0.25, 0.3) is 0 Å². The van der Waals surface area contributed by atoms with E-state index in [-0.39, 0.29) is 0 Å². The Morgan fingerprint density at radius 1 is 1.24 bits per heavy atom. The Labute approximate surface area is 98.9 Å². The van der Waals surface area contributed by atoms with Gasteiger partial charge in [-0.25, -0.2) is 4.98 Å². The quantitative estimate of drug-likeness (QED) is 0.627. The summed E-state index contributed by atoms with van der Waals surface area (Å²) in [7, 11) is 0. The Morgan fingerprint density at radius 3 is 2.82 bits per heavy atom. The van der Waals surface area contributed by atoms with Crippen molar-refractivity contribution in [2.45, 2.75) is 13.5 Å². The van der Waals surface area contributed by atoms with Crippen LogP contribution in [0.4, 0.5) is 0 Å². The van der Waals surface area contributed by atoms with Crippen molar-refractivity contribution in [2.75, 3.05) is 0 Å². The molecule has 4 heteroatoms. The fourth-order valence-corrected chi connectivity index (χ4v) is 2.22. The molecule has 0 bridgehead atoms. The number of nitrogens with two attached hydrogens (primary N) is 1. The van der Waals surface area contributed by atoms with Crippen LogP contribution in [0.25, 0.3) is 22.2 Å². The molecule has 0 saturated carbocycles. The van der Waals surface area contributed by atoms with E-state index >= 15 is 0 Å². The first-order chi connectivity index (χ1) is 8.29. The van der Waals surface area contributed by atoms with Crippen LogP contribution in [0.2, 0.25) is 0 Å². The molecule has 3 rings (SSSR count). The molecule has 0 aliphatic heterocycles. The number of aromatic nitrogens is 3. The summed E-state index contributed by atoms with van der Waals surface area (Å²) in [5, 5.41) is 1.21. The summed E-state index contributed by atoms with van der Waals surface area (Å²) >= 11 is 0. The van der Waals surface area contributed by atoms with Crippen molar-refractivity contribution in [3.05, 3.63) is 42.0 Å². The molecule has 0 aliphatic carbocycles. The number of aryl methyl sites for hydroxylation is 1. The molecule has 4 nitrogen and oxygen atoms in total. The molecule has 0 atom stereocenters. The predicted molar refractivity (Wildman–Crippen MR) is 68.5 cm³/mol. The van der Waals surface area contributed by atoms with E-state index in [1.54, 1.807) is 0 Å². The second kappa shape index (κ2) is 3.75. The van der Waals surface area contributed by atoms with E-state index in [9.17, 15) is 0 Å². The third kappa shape index (κ3) is 1.54. The third-order valence-corrected chi connectivity index (χ3v) is 2.98. The van der Waals surface area contributed by atoms with Crippen LogP contribution in [0.15, 0.2) is 30.5 Å². The average Bonchev–Trinajstić information content (AvgIpc) is 2.91. The van der Waals surface area contributed by atoms with E-state index in [0.717, 1.165) is 22.7 Å². The number of benzene rings is 1. The number of nitrogens with one attached hydrogen (secondary N) is 2. The molecule has 3 aromatic rings. The van der Waals surface area contributed by atoms with Crippen LogP contribution in [0, 0.1) is 6.92 Å². The molecule has 17 heavy (non-hydrogen) atoms. The lowest BCUT2D eigenvalue weighted by molar-refractivity contribution is 0.950. The van der Waals surface area contributed by atoms with Crippen molar-refractivity contribution in [1.82, 2.24) is 15.0 Å². The van der Waals surface area contributed by atoms with Crippen LogP contribution in [0.3, 0.4) is 0 Å². The molecular formula is C13H14N4. The first-order valence-corrected chi connectivity index (χ1v) is 5.61. The molecule has 2 aromatic heterocycles. The second-order valence-electron chi connectivity index (χ2n) is 4.12. The zero-order chi connectivity index (χ0) is 11.8. The Kier molecular flexibility index (Phi) is 2.23. The lowest BCUT2D eigenvalue weighted by Gasteiger charge is -1.97. The van der Waals surface area contributed by atoms with Gasteiger partial charge in [-0.05, 0) is 13.0 Å². The molecule has 86 valence electrons. The van der Waals surface area contributed by atoms with Gasteiger partial charge in [0, 0.05) is 22.2 Å². The normalized spacial score (nSPS) is 11.2. The van der Waals surface area contributed by atoms with Gasteiger partial charge < -0.3 is 15.7 Å². The maximum absolute atomic E-state index is 5.57. The van der Waals surface area contributed by atoms with Crippen LogP contribution < -0.4 is 5.73 Å². The zero-order valence-corrected chi connectivity index (χ0v) is 9.62. The number of rotatable bonds is 2. The van der Waals surface area contributed by atoms with Crippen molar-refractivity contribution in [2.24, 2.45) is 5.73 Å². The summed E-state index contributed by atoms with van der Waals surface area (Å²) in [6.07, 6.45) is 1.84. The molecule has 0 spiro atoms. The van der Waals surface area contributed by atoms with Gasteiger partial charge in [-0.1, -0.05) is 18.2 Å². The van der Waals surface area contributed by atoms with E-state index in [4.69, 9.17) is 5.73 Å². The zero-order valence-electron chi connectivity index (χ0n) is 9.62. The maximum atomic E-state index is 5.57. The molecular weight excluding hydrogens is 212 g/mol. The summed E-state index contributed by atoms with van der Waals surface area (Å²) in [4.78, 5) is 10.9. The molecule has 0 fully saturated rings. The van der Waals surface area contributed by atoms with Crippen LogP contribution in [0.5, 0.6) is 0 Å². The van der Waals surface area contributed by atoms with Crippen molar-refractivity contribution in [1.29, 1.82) is 0 Å². The summed E-state index contributed by atoms with van der Waals surface area (Å²) in [5.41, 5.74) is 10.0. The lowest BCUT2D eigenvalue weighted by Crippen LogP contribution is -1.97. The van der Waals surface area contributed by atoms with Crippen molar-refractivity contribution >= 4 is 10.9 Å². The fraction of sp³-hybridized carbons (Fsp3) is 0.154. The lowest BCUT2D eigenvalue weighted by atomic mass is 10.1. The third-order valence-electron chi connectivity index (χ3n) is 2.98. The highest BCUT2D eigenvalue weighted by atomic mass is 14.9. The minimum absolute atomic E-state index is 0.432. The van der Waals surface area contributed by atoms with Gasteiger partial charge in [-0.2, -0.15) is 0 Å². The summed E-state index contributed by atoms with van der Waals surface area (Å²) in [5.74, 6) is 0.810. The molecule has 0 aliphatic rings. The number of hydrogen-bond donors (Lipinski definition) is 3. The largest absolute Gasteiger partial charge is 0.358 e. The smallest absolute Gasteiger partial charge is 0.120 e. The van der Waals surface area contributed by atoms with Crippen LogP contribution in [-0.4, -0.2) is 15.0 Å². The second-order valence-corrected chi connectivity index (χ2v) is 4.12. The molecule has 0 amide bonds. The molecule has 0 saturated heterocycles. The standard InChI is InChI=1S/C13H14N4/c1-8-13(11-7-15-12(6-14)17-11)9-4-2-3-5-10(9)16-8/h2-5,7,16H,6,14H2,1H3,(H,15,17). The van der Waals surface area contributed by atoms with Crippen LogP contribution >= 0.6 is 0 Å². The molecule has 1 aromatic carbocycles. The minimum atomic E-state index is 0.432. The van der Waals surface area contributed by atoms with E-state index in [0.29, 0.717) is 6.54 Å². The number of H-pyrrole nitrogens is 2. The van der Waals surface area contributed by atoms with E-state index < -0.39 is 0 Å². The number of hydrogen-bond acceptors (Lipinski definition) is 2. The van der Waals surface area contributed by atoms with Crippen molar-refractivity contribution in [3.8, 4) is 11.3 Å². The van der Waals surface area contributed by atoms with Gasteiger partial charge in [0.2, 0.25) is 0 Å². The SMILES string of the molecule is Cc1[nH]c2ccccc2c1-c1cnc(CN)[nH]1. The molecule has 2 heterocycles. The highest BCUT2D eigenvalue weighted by molar-refractivity contribution is 5.96. The number of nitrogens with zero attached hydrogens (tertiary/aromatic N) is 1. The summed E-state index contributed by atoms with van der Waals surface area (Å²) in [6, 6.07) is 8.25. The maximum Gasteiger partial charge on any atom is 0.120 e. The van der Waals surface area contributed by atoms with Crippen LogP contribution in [-0.2, 0) is 6.54 Å². The predicted octanol–water partition coefficient (Wildman–Crippen LogP) is 2.33. The van der Waals surface area contributed by atoms with Crippen molar-refractivity contribution in [3.63, 3.8) is 0 Å². The highest BCUT2D eigenvalue weighted by Gasteiger charge is 2.11. The van der Waals surface area contributed by atoms with Gasteiger partial charge in [-0.3, -0.25) is 0 Å². The van der Waals surface area contributed by atoms with E-state index in [1.165, 1.54) is 10.9 Å². The molecule has 0 unspecified atom stereocenters. The Morgan fingerprint density at radius 2 is 2.06 bits per heavy atom. The number of para-hydroxylation sites is 1. The summed E-state index contributed by atoms with van der Waals surface area (Å²) < 4.78 is 0. The number of imidazole rings is 1.